The summed E-state index contributed by atoms with van der Waals surface area (Å²) < 4.78 is 7.51. The molecule has 0 spiro atoms. The smallest absolute Gasteiger partial charge is 0.263 e. The molecule has 0 aliphatic carbocycles. The summed E-state index contributed by atoms with van der Waals surface area (Å²) in [5.74, 6) is 1.14. The molecule has 6 heteroatoms. The summed E-state index contributed by atoms with van der Waals surface area (Å²) in [4.78, 5) is 19.6. The first-order valence-electron chi connectivity index (χ1n) is 7.55. The van der Waals surface area contributed by atoms with Crippen LogP contribution in [0.15, 0.2) is 23.7 Å². The third-order valence-electron chi connectivity index (χ3n) is 4.18. The van der Waals surface area contributed by atoms with Crippen molar-refractivity contribution >= 4 is 17.2 Å². The summed E-state index contributed by atoms with van der Waals surface area (Å²) in [5, 5.41) is 1.95. The molecule has 0 N–H and O–H groups in total. The molecule has 2 aromatic heterocycles. The molecule has 0 unspecified atom stereocenters. The van der Waals surface area contributed by atoms with Crippen molar-refractivity contribution in [1.82, 2.24) is 14.5 Å². The summed E-state index contributed by atoms with van der Waals surface area (Å²) in [6, 6.07) is 4.23. The van der Waals surface area contributed by atoms with Gasteiger partial charge in [-0.3, -0.25) is 4.79 Å². The lowest BCUT2D eigenvalue weighted by atomic mass is 10.0. The van der Waals surface area contributed by atoms with Crippen molar-refractivity contribution < 1.29 is 9.53 Å². The van der Waals surface area contributed by atoms with Gasteiger partial charge in [0.1, 0.15) is 12.4 Å². The van der Waals surface area contributed by atoms with Crippen LogP contribution in [0.3, 0.4) is 0 Å². The van der Waals surface area contributed by atoms with E-state index in [0.29, 0.717) is 12.6 Å². The number of hydrogen-bond donors (Lipinski definition) is 0. The normalized spacial score (nSPS) is 16.2. The molecule has 0 aromatic carbocycles. The van der Waals surface area contributed by atoms with E-state index < -0.39 is 0 Å². The molecule has 2 aromatic rings. The predicted octanol–water partition coefficient (Wildman–Crippen LogP) is 2.88. The monoisotopic (exact) mass is 319 g/mol. The Morgan fingerprint density at radius 3 is 2.86 bits per heavy atom. The Kier molecular flexibility index (Phi) is 4.59. The average molecular weight is 319 g/mol. The predicted molar refractivity (Wildman–Crippen MR) is 86.2 cm³/mol. The van der Waals surface area contributed by atoms with Crippen molar-refractivity contribution in [2.45, 2.75) is 32.4 Å². The highest BCUT2D eigenvalue weighted by Gasteiger charge is 2.26. The van der Waals surface area contributed by atoms with Gasteiger partial charge in [0.25, 0.3) is 5.91 Å². The van der Waals surface area contributed by atoms with Crippen molar-refractivity contribution in [3.63, 3.8) is 0 Å². The molecule has 118 valence electrons. The lowest BCUT2D eigenvalue weighted by Gasteiger charge is -2.33. The number of imidazole rings is 1. The molecule has 5 nitrogen and oxygen atoms in total. The number of rotatable bonds is 4. The van der Waals surface area contributed by atoms with E-state index in [1.54, 1.807) is 7.11 Å². The van der Waals surface area contributed by atoms with E-state index in [9.17, 15) is 4.79 Å². The maximum atomic E-state index is 12.4. The number of aromatic nitrogens is 2. The number of piperidine rings is 1. The lowest BCUT2D eigenvalue weighted by molar-refractivity contribution is 0.0694. The molecule has 1 aliphatic heterocycles. The fourth-order valence-corrected chi connectivity index (χ4v) is 3.80. The number of carbonyl (C=O) groups excluding carboxylic acids is 1. The van der Waals surface area contributed by atoms with E-state index in [-0.39, 0.29) is 5.91 Å². The molecule has 0 saturated carbocycles. The molecule has 1 amide bonds. The number of ether oxygens (including phenoxy) is 1. The third-order valence-corrected chi connectivity index (χ3v) is 5.04. The molecule has 3 heterocycles. The van der Waals surface area contributed by atoms with Crippen LogP contribution < -0.4 is 0 Å². The highest BCUT2D eigenvalue weighted by atomic mass is 32.1. The number of methoxy groups -OCH3 is 1. The molecular weight excluding hydrogens is 298 g/mol. The van der Waals surface area contributed by atoms with Gasteiger partial charge in [0.2, 0.25) is 0 Å². The number of amides is 1. The quantitative estimate of drug-likeness (QED) is 0.870. The zero-order valence-electron chi connectivity index (χ0n) is 13.0. The first kappa shape index (κ1) is 15.2. The zero-order chi connectivity index (χ0) is 15.5. The Balaban J connectivity index is 1.67. The van der Waals surface area contributed by atoms with Crippen LogP contribution in [0.4, 0.5) is 0 Å². The molecule has 1 aliphatic rings. The van der Waals surface area contributed by atoms with E-state index in [2.05, 4.69) is 16.5 Å². The number of carbonyl (C=O) groups is 1. The summed E-state index contributed by atoms with van der Waals surface area (Å²) in [7, 11) is 1.69. The van der Waals surface area contributed by atoms with E-state index >= 15 is 0 Å². The van der Waals surface area contributed by atoms with Crippen molar-refractivity contribution in [3.05, 3.63) is 40.1 Å². The summed E-state index contributed by atoms with van der Waals surface area (Å²) in [6.45, 7) is 4.20. The molecule has 0 radical (unpaired) electrons. The Labute approximate surface area is 134 Å². The first-order chi connectivity index (χ1) is 10.7. The molecule has 1 fully saturated rings. The molecule has 0 atom stereocenters. The van der Waals surface area contributed by atoms with Crippen molar-refractivity contribution in [3.8, 4) is 0 Å². The fraction of sp³-hybridized carbons (Fsp3) is 0.500. The van der Waals surface area contributed by atoms with Gasteiger partial charge < -0.3 is 14.2 Å². The van der Waals surface area contributed by atoms with Gasteiger partial charge in [-0.15, -0.1) is 11.3 Å². The SMILES string of the molecule is COCc1ncc(C)n1C1CCN(C(=O)c2cccs2)CC1. The summed E-state index contributed by atoms with van der Waals surface area (Å²) in [5.41, 5.74) is 1.16. The molecular formula is C16H21N3O2S. The molecule has 3 rings (SSSR count). The summed E-state index contributed by atoms with van der Waals surface area (Å²) >= 11 is 1.51. The standard InChI is InChI=1S/C16H21N3O2S/c1-12-10-17-15(11-21-2)19(12)13-5-7-18(8-6-13)16(20)14-4-3-9-22-14/h3-4,9-10,13H,5-8,11H2,1-2H3. The largest absolute Gasteiger partial charge is 0.377 e. The minimum absolute atomic E-state index is 0.160. The Hall–Kier alpha value is -1.66. The number of likely N-dealkylation sites (tertiary alicyclic amines) is 1. The van der Waals surface area contributed by atoms with Gasteiger partial charge in [-0.2, -0.15) is 0 Å². The second-order valence-corrected chi connectivity index (χ2v) is 6.57. The van der Waals surface area contributed by atoms with E-state index in [0.717, 1.165) is 42.3 Å². The lowest BCUT2D eigenvalue weighted by Crippen LogP contribution is -2.39. The Morgan fingerprint density at radius 1 is 1.45 bits per heavy atom. The van der Waals surface area contributed by atoms with Crippen molar-refractivity contribution in [2.24, 2.45) is 0 Å². The van der Waals surface area contributed by atoms with Crippen molar-refractivity contribution in [2.75, 3.05) is 20.2 Å². The van der Waals surface area contributed by atoms with Crippen molar-refractivity contribution in [1.29, 1.82) is 0 Å². The second-order valence-electron chi connectivity index (χ2n) is 5.62. The second kappa shape index (κ2) is 6.62. The molecule has 22 heavy (non-hydrogen) atoms. The first-order valence-corrected chi connectivity index (χ1v) is 8.43. The minimum atomic E-state index is 0.160. The van der Waals surface area contributed by atoms with Crippen LogP contribution in [-0.4, -0.2) is 40.6 Å². The number of aryl methyl sites for hydroxylation is 1. The van der Waals surface area contributed by atoms with Gasteiger partial charge in [0.15, 0.2) is 0 Å². The van der Waals surface area contributed by atoms with Crippen LogP contribution in [0.2, 0.25) is 0 Å². The highest BCUT2D eigenvalue weighted by Crippen LogP contribution is 2.27. The van der Waals surface area contributed by atoms with Gasteiger partial charge in [0, 0.05) is 38.1 Å². The average Bonchev–Trinajstić information content (AvgIpc) is 3.18. The van der Waals surface area contributed by atoms with Gasteiger partial charge in [-0.05, 0) is 31.2 Å². The summed E-state index contributed by atoms with van der Waals surface area (Å²) in [6.07, 6.45) is 3.83. The topological polar surface area (TPSA) is 47.4 Å². The van der Waals surface area contributed by atoms with E-state index in [1.807, 2.05) is 28.6 Å². The Morgan fingerprint density at radius 2 is 2.23 bits per heavy atom. The number of thiophene rings is 1. The highest BCUT2D eigenvalue weighted by molar-refractivity contribution is 7.12. The zero-order valence-corrected chi connectivity index (χ0v) is 13.8. The maximum Gasteiger partial charge on any atom is 0.263 e. The molecule has 1 saturated heterocycles. The van der Waals surface area contributed by atoms with Crippen LogP contribution >= 0.6 is 11.3 Å². The number of hydrogen-bond acceptors (Lipinski definition) is 4. The van der Waals surface area contributed by atoms with Gasteiger partial charge in [-0.25, -0.2) is 4.98 Å². The number of nitrogens with zero attached hydrogens (tertiary/aromatic N) is 3. The Bertz CT molecular complexity index is 628. The maximum absolute atomic E-state index is 12.4. The van der Waals surface area contributed by atoms with Crippen LogP contribution in [-0.2, 0) is 11.3 Å². The van der Waals surface area contributed by atoms with Gasteiger partial charge in [0.05, 0.1) is 4.88 Å². The van der Waals surface area contributed by atoms with Gasteiger partial charge >= 0.3 is 0 Å². The van der Waals surface area contributed by atoms with Crippen LogP contribution in [0, 0.1) is 6.92 Å². The molecule has 0 bridgehead atoms. The van der Waals surface area contributed by atoms with E-state index in [1.165, 1.54) is 11.3 Å². The van der Waals surface area contributed by atoms with E-state index in [4.69, 9.17) is 4.74 Å². The van der Waals surface area contributed by atoms with Gasteiger partial charge in [-0.1, -0.05) is 6.07 Å². The third kappa shape index (κ3) is 2.94. The fourth-order valence-electron chi connectivity index (χ4n) is 3.11. The van der Waals surface area contributed by atoms with Crippen LogP contribution in [0.25, 0.3) is 0 Å². The van der Waals surface area contributed by atoms with Crippen LogP contribution in [0.1, 0.15) is 40.1 Å². The van der Waals surface area contributed by atoms with Crippen LogP contribution in [0.5, 0.6) is 0 Å². The minimum Gasteiger partial charge on any atom is -0.377 e.